The summed E-state index contributed by atoms with van der Waals surface area (Å²) in [6.07, 6.45) is 1.78. The summed E-state index contributed by atoms with van der Waals surface area (Å²) < 4.78 is 14.4. The Morgan fingerprint density at radius 1 is 1.10 bits per heavy atom. The number of ether oxygens (including phenoxy) is 2. The minimum absolute atomic E-state index is 0.216. The van der Waals surface area contributed by atoms with Crippen molar-refractivity contribution in [2.24, 2.45) is 4.99 Å². The van der Waals surface area contributed by atoms with Crippen molar-refractivity contribution in [3.8, 4) is 5.75 Å². The number of nitrogens with zero attached hydrogens (tertiary/aromatic N) is 2. The number of carbonyl (C=O) groups is 1. The maximum Gasteiger partial charge on any atom is 0.338 e. The van der Waals surface area contributed by atoms with E-state index in [-0.39, 0.29) is 18.8 Å². The molecule has 210 valence electrons. The van der Waals surface area contributed by atoms with E-state index in [1.807, 2.05) is 55.5 Å². The van der Waals surface area contributed by atoms with Crippen LogP contribution in [0.25, 0.3) is 6.08 Å². The fraction of sp³-hybridized carbons (Fsp3) is 0.194. The second-order valence-corrected chi connectivity index (χ2v) is 12.2. The lowest BCUT2D eigenvalue weighted by Gasteiger charge is -2.24. The molecule has 2 heterocycles. The first-order valence-corrected chi connectivity index (χ1v) is 15.1. The third-order valence-electron chi connectivity index (χ3n) is 6.57. The Hall–Kier alpha value is -3.17. The van der Waals surface area contributed by atoms with Gasteiger partial charge in [-0.15, -0.1) is 0 Å². The molecule has 0 saturated carbocycles. The molecule has 1 aliphatic rings. The Labute approximate surface area is 259 Å². The van der Waals surface area contributed by atoms with Crippen LogP contribution in [0.3, 0.4) is 0 Å². The lowest BCUT2D eigenvalue weighted by Crippen LogP contribution is -2.39. The van der Waals surface area contributed by atoms with E-state index in [0.29, 0.717) is 42.0 Å². The zero-order chi connectivity index (χ0) is 29.3. The van der Waals surface area contributed by atoms with Crippen molar-refractivity contribution >= 4 is 62.5 Å². The summed E-state index contributed by atoms with van der Waals surface area (Å²) in [6, 6.07) is 17.9. The van der Waals surface area contributed by atoms with Gasteiger partial charge in [0, 0.05) is 25.6 Å². The van der Waals surface area contributed by atoms with Crippen molar-refractivity contribution in [3.05, 3.63) is 128 Å². The first kappa shape index (κ1) is 29.3. The van der Waals surface area contributed by atoms with Gasteiger partial charge in [-0.1, -0.05) is 86.4 Å². The Balaban J connectivity index is 1.61. The van der Waals surface area contributed by atoms with Crippen molar-refractivity contribution < 1.29 is 14.3 Å². The topological polar surface area (TPSA) is 69.9 Å². The fourth-order valence-electron chi connectivity index (χ4n) is 4.55. The number of fused-ring (bicyclic) bond motifs is 1. The van der Waals surface area contributed by atoms with Crippen LogP contribution in [-0.4, -0.2) is 17.1 Å². The van der Waals surface area contributed by atoms with Gasteiger partial charge >= 0.3 is 5.97 Å². The van der Waals surface area contributed by atoms with E-state index in [2.05, 4.69) is 20.9 Å². The Bertz CT molecular complexity index is 1860. The molecule has 0 bridgehead atoms. The van der Waals surface area contributed by atoms with Crippen LogP contribution in [0.2, 0.25) is 10.0 Å². The molecule has 41 heavy (non-hydrogen) atoms. The average Bonchev–Trinajstić information content (AvgIpc) is 3.23. The van der Waals surface area contributed by atoms with E-state index in [1.54, 1.807) is 36.6 Å². The number of esters is 1. The number of hydrogen-bond acceptors (Lipinski definition) is 6. The Morgan fingerprint density at radius 3 is 2.56 bits per heavy atom. The monoisotopic (exact) mass is 670 g/mol. The van der Waals surface area contributed by atoms with Crippen molar-refractivity contribution in [1.82, 2.24) is 4.57 Å². The lowest BCUT2D eigenvalue weighted by atomic mass is 9.95. The van der Waals surface area contributed by atoms with Gasteiger partial charge in [0.15, 0.2) is 4.80 Å². The predicted octanol–water partition coefficient (Wildman–Crippen LogP) is 6.76. The van der Waals surface area contributed by atoms with E-state index < -0.39 is 12.0 Å². The van der Waals surface area contributed by atoms with Crippen molar-refractivity contribution in [2.75, 3.05) is 6.61 Å². The molecule has 1 atom stereocenters. The number of aromatic nitrogens is 1. The zero-order valence-corrected chi connectivity index (χ0v) is 26.3. The quantitative estimate of drug-likeness (QED) is 0.204. The van der Waals surface area contributed by atoms with Gasteiger partial charge in [0.05, 0.1) is 28.5 Å². The molecular formula is C31H25BrCl2N2O4S. The molecule has 10 heteroatoms. The van der Waals surface area contributed by atoms with Gasteiger partial charge in [0.25, 0.3) is 5.56 Å². The van der Waals surface area contributed by atoms with Gasteiger partial charge in [-0.25, -0.2) is 9.79 Å². The van der Waals surface area contributed by atoms with Crippen molar-refractivity contribution in [1.29, 1.82) is 0 Å². The van der Waals surface area contributed by atoms with Crippen LogP contribution in [0.15, 0.2) is 86.2 Å². The largest absolute Gasteiger partial charge is 0.488 e. The molecule has 4 aromatic rings. The molecule has 0 spiro atoms. The van der Waals surface area contributed by atoms with Crippen molar-refractivity contribution in [3.63, 3.8) is 0 Å². The normalized spacial score (nSPS) is 15.0. The molecule has 5 rings (SSSR count). The molecule has 3 aromatic carbocycles. The highest BCUT2D eigenvalue weighted by Gasteiger charge is 2.33. The van der Waals surface area contributed by atoms with Crippen LogP contribution < -0.4 is 19.6 Å². The number of halogens is 3. The molecule has 0 aliphatic carbocycles. The molecule has 0 unspecified atom stereocenters. The standard InChI is InChI=1S/C31H25BrCl2N2O4S/c1-4-39-30(38)27-18(3)35-31-36(28(27)19-7-5-17(2)6-8-19)29(37)26(41-31)14-21-13-22(32)10-12-25(21)40-16-20-9-11-23(33)15-24(20)34/h5-15,28H,4,16H2,1-3H3/b26-14+/t28-/m1/s1. The number of hydrogen-bond donors (Lipinski definition) is 0. The number of allylic oxidation sites excluding steroid dienone is 1. The maximum atomic E-state index is 14.0. The van der Waals surface area contributed by atoms with Gasteiger partial charge in [0.2, 0.25) is 0 Å². The van der Waals surface area contributed by atoms with Crippen molar-refractivity contribution in [2.45, 2.75) is 33.4 Å². The second kappa shape index (κ2) is 12.4. The first-order chi connectivity index (χ1) is 19.7. The highest BCUT2D eigenvalue weighted by Crippen LogP contribution is 2.31. The van der Waals surface area contributed by atoms with Gasteiger partial charge in [0.1, 0.15) is 12.4 Å². The number of carbonyl (C=O) groups excluding carboxylic acids is 1. The highest BCUT2D eigenvalue weighted by atomic mass is 79.9. The fourth-order valence-corrected chi connectivity index (χ4v) is 6.43. The average molecular weight is 672 g/mol. The summed E-state index contributed by atoms with van der Waals surface area (Å²) in [5, 5.41) is 1.05. The highest BCUT2D eigenvalue weighted by molar-refractivity contribution is 9.10. The van der Waals surface area contributed by atoms with E-state index in [9.17, 15) is 9.59 Å². The van der Waals surface area contributed by atoms with E-state index in [1.165, 1.54) is 11.3 Å². The molecule has 0 fully saturated rings. The summed E-state index contributed by atoms with van der Waals surface area (Å²) in [6.45, 7) is 5.94. The molecule has 1 aromatic heterocycles. The molecule has 0 radical (unpaired) electrons. The molecule has 0 saturated heterocycles. The molecule has 6 nitrogen and oxygen atoms in total. The summed E-state index contributed by atoms with van der Waals surface area (Å²) in [7, 11) is 0. The van der Waals surface area contributed by atoms with Gasteiger partial charge in [-0.05, 0) is 62.7 Å². The minimum atomic E-state index is -0.668. The molecule has 0 amide bonds. The van der Waals surface area contributed by atoms with Crippen LogP contribution in [0, 0.1) is 6.92 Å². The number of benzene rings is 3. The van der Waals surface area contributed by atoms with Gasteiger partial charge < -0.3 is 9.47 Å². The van der Waals surface area contributed by atoms with E-state index in [4.69, 9.17) is 32.7 Å². The van der Waals surface area contributed by atoms with Crippen LogP contribution >= 0.6 is 50.5 Å². The number of thiazole rings is 1. The Kier molecular flexibility index (Phi) is 8.85. The summed E-state index contributed by atoms with van der Waals surface area (Å²) in [5.74, 6) is 0.0840. The third-order valence-corrected chi connectivity index (χ3v) is 8.63. The summed E-state index contributed by atoms with van der Waals surface area (Å²) in [4.78, 5) is 32.2. The predicted molar refractivity (Wildman–Crippen MR) is 167 cm³/mol. The van der Waals surface area contributed by atoms with Gasteiger partial charge in [-0.3, -0.25) is 9.36 Å². The summed E-state index contributed by atoms with van der Waals surface area (Å²) >= 11 is 17.2. The number of rotatable bonds is 7. The maximum absolute atomic E-state index is 14.0. The van der Waals surface area contributed by atoms with Crippen LogP contribution in [-0.2, 0) is 16.1 Å². The van der Waals surface area contributed by atoms with Crippen LogP contribution in [0.4, 0.5) is 0 Å². The van der Waals surface area contributed by atoms with Crippen LogP contribution in [0.5, 0.6) is 5.75 Å². The number of aryl methyl sites for hydroxylation is 1. The van der Waals surface area contributed by atoms with E-state index >= 15 is 0 Å². The van der Waals surface area contributed by atoms with Crippen LogP contribution in [0.1, 0.15) is 42.1 Å². The molecule has 1 aliphatic heterocycles. The SMILES string of the molecule is CCOC(=O)C1=C(C)N=c2s/c(=C/c3cc(Br)ccc3OCc3ccc(Cl)cc3Cl)c(=O)n2[C@@H]1c1ccc(C)cc1. The first-order valence-electron chi connectivity index (χ1n) is 12.8. The zero-order valence-electron chi connectivity index (χ0n) is 22.4. The minimum Gasteiger partial charge on any atom is -0.488 e. The Morgan fingerprint density at radius 2 is 1.85 bits per heavy atom. The second-order valence-electron chi connectivity index (χ2n) is 9.42. The van der Waals surface area contributed by atoms with Gasteiger partial charge in [-0.2, -0.15) is 0 Å². The summed E-state index contributed by atoms with van der Waals surface area (Å²) in [5.41, 5.74) is 3.95. The third kappa shape index (κ3) is 6.21. The lowest BCUT2D eigenvalue weighted by molar-refractivity contribution is -0.139. The molecular weight excluding hydrogens is 647 g/mol. The smallest absolute Gasteiger partial charge is 0.338 e. The van der Waals surface area contributed by atoms with E-state index in [0.717, 1.165) is 21.2 Å². The molecule has 0 N–H and O–H groups in total.